The number of hydrogen-bond donors (Lipinski definition) is 4. The predicted molar refractivity (Wildman–Crippen MR) is 111 cm³/mol. The van der Waals surface area contributed by atoms with Crippen molar-refractivity contribution in [2.45, 2.75) is 83.4 Å². The number of ether oxygens (including phenoxy) is 2. The number of aliphatic carboxylic acids is 1. The van der Waals surface area contributed by atoms with Crippen molar-refractivity contribution >= 4 is 23.8 Å². The topological polar surface area (TPSA) is 166 Å². The van der Waals surface area contributed by atoms with Crippen LogP contribution in [-0.4, -0.2) is 53.7 Å². The second kappa shape index (κ2) is 13.4. The number of nitrogens with zero attached hydrogens (tertiary/aromatic N) is 1. The van der Waals surface area contributed by atoms with Crippen molar-refractivity contribution in [1.29, 1.82) is 0 Å². The van der Waals surface area contributed by atoms with Gasteiger partial charge in [0.15, 0.2) is 5.96 Å². The summed E-state index contributed by atoms with van der Waals surface area (Å²) in [7, 11) is 0. The zero-order chi connectivity index (χ0) is 22.5. The lowest BCUT2D eigenvalue weighted by Crippen LogP contribution is -2.53. The number of aliphatic imine (C=N–C) groups is 1. The van der Waals surface area contributed by atoms with E-state index >= 15 is 0 Å². The minimum atomic E-state index is -1.26. The molecule has 1 rings (SSSR count). The molecule has 0 aromatic carbocycles. The summed E-state index contributed by atoms with van der Waals surface area (Å²) in [6.07, 6.45) is 6.98. The van der Waals surface area contributed by atoms with E-state index in [0.717, 1.165) is 25.7 Å². The number of rotatable bonds is 13. The van der Waals surface area contributed by atoms with Gasteiger partial charge in [-0.15, -0.1) is 0 Å². The zero-order valence-electron chi connectivity index (χ0n) is 17.8. The molecule has 10 heteroatoms. The Bertz CT molecular complexity index is 645. The fraction of sp³-hybridized carbons (Fsp3) is 0.700. The zero-order valence-corrected chi connectivity index (χ0v) is 17.8. The third-order valence-electron chi connectivity index (χ3n) is 4.63. The highest BCUT2D eigenvalue weighted by Crippen LogP contribution is 2.24. The monoisotopic (exact) mass is 426 g/mol. The number of hydrogen-bond acceptors (Lipinski definition) is 6. The number of amides is 1. The van der Waals surface area contributed by atoms with Crippen molar-refractivity contribution in [3.8, 4) is 0 Å². The summed E-state index contributed by atoms with van der Waals surface area (Å²) in [5.74, 6) is -2.36. The third kappa shape index (κ3) is 9.62. The van der Waals surface area contributed by atoms with E-state index in [9.17, 15) is 19.5 Å². The molecule has 0 unspecified atom stereocenters. The maximum Gasteiger partial charge on any atom is 0.370 e. The molecule has 1 aliphatic heterocycles. The lowest BCUT2D eigenvalue weighted by Gasteiger charge is -2.35. The molecule has 6 N–H and O–H groups in total. The molecule has 1 heterocycles. The van der Waals surface area contributed by atoms with E-state index in [4.69, 9.17) is 20.9 Å². The van der Waals surface area contributed by atoms with Crippen LogP contribution in [0, 0.1) is 0 Å². The molecule has 0 aliphatic carbocycles. The van der Waals surface area contributed by atoms with Crippen LogP contribution in [0.5, 0.6) is 0 Å². The molecule has 1 amide bonds. The second-order valence-electron chi connectivity index (χ2n) is 7.29. The van der Waals surface area contributed by atoms with Crippen LogP contribution in [0.1, 0.15) is 65.2 Å². The first-order valence-corrected chi connectivity index (χ1v) is 10.4. The summed E-state index contributed by atoms with van der Waals surface area (Å²) < 4.78 is 10.8. The first kappa shape index (κ1) is 25.3. The van der Waals surface area contributed by atoms with Gasteiger partial charge in [-0.2, -0.15) is 0 Å². The van der Waals surface area contributed by atoms with Gasteiger partial charge < -0.3 is 31.4 Å². The van der Waals surface area contributed by atoms with Gasteiger partial charge in [0.25, 0.3) is 0 Å². The Morgan fingerprint density at radius 3 is 2.50 bits per heavy atom. The molecule has 1 aliphatic rings. The van der Waals surface area contributed by atoms with E-state index in [1.165, 1.54) is 19.4 Å². The highest BCUT2D eigenvalue weighted by atomic mass is 16.5. The van der Waals surface area contributed by atoms with Crippen LogP contribution < -0.4 is 16.8 Å². The summed E-state index contributed by atoms with van der Waals surface area (Å²) in [5.41, 5.74) is 10.9. The van der Waals surface area contributed by atoms with E-state index in [2.05, 4.69) is 17.2 Å². The van der Waals surface area contributed by atoms with Crippen LogP contribution in [-0.2, 0) is 23.9 Å². The van der Waals surface area contributed by atoms with Gasteiger partial charge in [-0.25, -0.2) is 9.79 Å². The summed E-state index contributed by atoms with van der Waals surface area (Å²) in [6, 6.07) is -1.43. The molecular formula is C20H34N4O6. The fourth-order valence-electron chi connectivity index (χ4n) is 3.23. The maximum atomic E-state index is 11.8. The number of guanidine groups is 1. The predicted octanol–water partition coefficient (Wildman–Crippen LogP) is 1.18. The van der Waals surface area contributed by atoms with Crippen LogP contribution in [0.3, 0.4) is 0 Å². The molecule has 10 nitrogen and oxygen atoms in total. The Balaban J connectivity index is 2.61. The molecule has 0 aromatic heterocycles. The molecule has 3 atom stereocenters. The number of carboxylic acids is 1. The summed E-state index contributed by atoms with van der Waals surface area (Å²) in [5, 5.41) is 12.0. The molecular weight excluding hydrogens is 392 g/mol. The number of nitrogens with one attached hydrogen (secondary N) is 1. The van der Waals surface area contributed by atoms with E-state index < -0.39 is 24.2 Å². The first-order chi connectivity index (χ1) is 14.2. The number of carbonyl (C=O) groups is 3. The quantitative estimate of drug-likeness (QED) is 0.147. The van der Waals surface area contributed by atoms with Gasteiger partial charge in [-0.05, 0) is 25.3 Å². The maximum absolute atomic E-state index is 11.8. The molecule has 0 bridgehead atoms. The van der Waals surface area contributed by atoms with Gasteiger partial charge in [0.05, 0.1) is 18.7 Å². The Hall–Kier alpha value is -2.78. The molecule has 0 fully saturated rings. The molecule has 0 aromatic rings. The van der Waals surface area contributed by atoms with E-state index in [-0.39, 0.29) is 30.2 Å². The minimum Gasteiger partial charge on any atom is -0.481 e. The Morgan fingerprint density at radius 2 is 1.90 bits per heavy atom. The van der Waals surface area contributed by atoms with Crippen molar-refractivity contribution in [1.82, 2.24) is 5.32 Å². The molecule has 30 heavy (non-hydrogen) atoms. The van der Waals surface area contributed by atoms with Gasteiger partial charge in [-0.1, -0.05) is 32.6 Å². The number of carboxylic acid groups (broad SMARTS) is 1. The van der Waals surface area contributed by atoms with Crippen molar-refractivity contribution in [3.05, 3.63) is 11.8 Å². The average Bonchev–Trinajstić information content (AvgIpc) is 2.66. The molecule has 0 radical (unpaired) electrons. The Labute approximate surface area is 177 Å². The van der Waals surface area contributed by atoms with Crippen LogP contribution in [0.25, 0.3) is 0 Å². The normalized spacial score (nSPS) is 20.5. The van der Waals surface area contributed by atoms with Crippen molar-refractivity contribution < 1.29 is 29.0 Å². The molecule has 0 spiro atoms. The van der Waals surface area contributed by atoms with Crippen molar-refractivity contribution in [2.75, 3.05) is 6.61 Å². The molecule has 0 saturated heterocycles. The van der Waals surface area contributed by atoms with E-state index in [0.29, 0.717) is 19.3 Å². The Morgan fingerprint density at radius 1 is 1.20 bits per heavy atom. The fourth-order valence-corrected chi connectivity index (χ4v) is 3.23. The average molecular weight is 427 g/mol. The van der Waals surface area contributed by atoms with Crippen LogP contribution in [0.4, 0.5) is 0 Å². The van der Waals surface area contributed by atoms with Crippen molar-refractivity contribution in [3.63, 3.8) is 0 Å². The lowest BCUT2D eigenvalue weighted by atomic mass is 9.95. The molecule has 0 saturated carbocycles. The van der Waals surface area contributed by atoms with Crippen LogP contribution in [0.2, 0.25) is 0 Å². The largest absolute Gasteiger partial charge is 0.481 e. The molecule has 170 valence electrons. The SMILES string of the molecule is CCCCCCCC(=O)OCCC[C@@H]1OC(C(=O)O)=C[C@H](N=C(N)N)[C@H]1NC(C)=O. The number of unbranched alkanes of at least 4 members (excludes halogenated alkanes) is 4. The van der Waals surface area contributed by atoms with Gasteiger partial charge in [0.1, 0.15) is 6.10 Å². The number of carbonyl (C=O) groups excluding carboxylic acids is 2. The third-order valence-corrected chi connectivity index (χ3v) is 4.63. The van der Waals surface area contributed by atoms with Crippen LogP contribution in [0.15, 0.2) is 16.8 Å². The minimum absolute atomic E-state index is 0.180. The highest BCUT2D eigenvalue weighted by molar-refractivity contribution is 5.85. The number of esters is 1. The van der Waals surface area contributed by atoms with Gasteiger partial charge in [-0.3, -0.25) is 9.59 Å². The van der Waals surface area contributed by atoms with Gasteiger partial charge in [0.2, 0.25) is 11.7 Å². The van der Waals surface area contributed by atoms with Crippen molar-refractivity contribution in [2.24, 2.45) is 16.5 Å². The summed E-state index contributed by atoms with van der Waals surface area (Å²) >= 11 is 0. The highest BCUT2D eigenvalue weighted by Gasteiger charge is 2.37. The summed E-state index contributed by atoms with van der Waals surface area (Å²) in [6.45, 7) is 3.65. The smallest absolute Gasteiger partial charge is 0.370 e. The number of nitrogens with two attached hydrogens (primary N) is 2. The van der Waals surface area contributed by atoms with Crippen LogP contribution >= 0.6 is 0 Å². The van der Waals surface area contributed by atoms with E-state index in [1.54, 1.807) is 0 Å². The standard InChI is InChI=1S/C20H34N4O6/c1-3-4-5-6-7-10-17(26)29-11-8-9-15-18(23-13(2)25)14(24-20(21)22)12-16(30-15)19(27)28/h12,14-15,18H,3-11H2,1-2H3,(H,23,25)(H,27,28)(H4,21,22,24)/t14-,15-,18+/m0/s1. The Kier molecular flexibility index (Phi) is 11.3. The summed E-state index contributed by atoms with van der Waals surface area (Å²) in [4.78, 5) is 38.8. The van der Waals surface area contributed by atoms with E-state index in [1.807, 2.05) is 0 Å². The van der Waals surface area contributed by atoms with Gasteiger partial charge >= 0.3 is 11.9 Å². The lowest BCUT2D eigenvalue weighted by molar-refractivity contribution is -0.144. The first-order valence-electron chi connectivity index (χ1n) is 10.4. The van der Waals surface area contributed by atoms with Gasteiger partial charge in [0, 0.05) is 13.3 Å². The second-order valence-corrected chi connectivity index (χ2v) is 7.29.